The lowest BCUT2D eigenvalue weighted by atomic mass is 10.2. The van der Waals surface area contributed by atoms with Crippen LogP contribution in [-0.4, -0.2) is 53.4 Å². The summed E-state index contributed by atoms with van der Waals surface area (Å²) in [5, 5.41) is 7.36. The third-order valence-corrected chi connectivity index (χ3v) is 6.95. The molecule has 2 aromatic carbocycles. The summed E-state index contributed by atoms with van der Waals surface area (Å²) < 4.78 is 7.90. The highest BCUT2D eigenvalue weighted by molar-refractivity contribution is 6.40. The van der Waals surface area contributed by atoms with Crippen LogP contribution in [0.15, 0.2) is 67.1 Å². The molecule has 1 amide bonds. The van der Waals surface area contributed by atoms with E-state index in [0.29, 0.717) is 21.7 Å². The molecule has 4 aromatic rings. The molecule has 9 nitrogen and oxygen atoms in total. The largest absolute Gasteiger partial charge is 0.455 e. The van der Waals surface area contributed by atoms with E-state index < -0.39 is 0 Å². The number of amides is 1. The summed E-state index contributed by atoms with van der Waals surface area (Å²) in [4.78, 5) is 25.8. The van der Waals surface area contributed by atoms with Crippen molar-refractivity contribution in [3.8, 4) is 11.6 Å². The van der Waals surface area contributed by atoms with E-state index in [1.54, 1.807) is 18.2 Å². The molecule has 1 fully saturated rings. The number of hydrogen-bond donors (Lipinski definition) is 2. The maximum absolute atomic E-state index is 13.2. The minimum absolute atomic E-state index is 0.0666. The lowest BCUT2D eigenvalue weighted by molar-refractivity contribution is 0.0932. The van der Waals surface area contributed by atoms with Crippen LogP contribution in [0.5, 0.6) is 5.88 Å². The third-order valence-electron chi connectivity index (χ3n) is 6.34. The molecule has 0 aliphatic carbocycles. The number of piperazine rings is 1. The second-order valence-electron chi connectivity index (χ2n) is 8.65. The van der Waals surface area contributed by atoms with Gasteiger partial charge in [-0.05, 0) is 42.5 Å². The second-order valence-corrected chi connectivity index (χ2v) is 9.46. The minimum Gasteiger partial charge on any atom is -0.455 e. The Hall–Kier alpha value is -3.79. The van der Waals surface area contributed by atoms with E-state index in [4.69, 9.17) is 27.9 Å². The Morgan fingerprint density at radius 2 is 1.73 bits per heavy atom. The van der Waals surface area contributed by atoms with Crippen molar-refractivity contribution in [2.45, 2.75) is 0 Å². The Morgan fingerprint density at radius 3 is 2.49 bits per heavy atom. The molecule has 0 spiro atoms. The first-order valence-electron chi connectivity index (χ1n) is 11.8. The number of nitrogens with one attached hydrogen (secondary N) is 2. The fourth-order valence-electron chi connectivity index (χ4n) is 4.53. The van der Waals surface area contributed by atoms with Gasteiger partial charge in [-0.1, -0.05) is 29.3 Å². The minimum atomic E-state index is -0.335. The number of anilines is 4. The predicted molar refractivity (Wildman–Crippen MR) is 145 cm³/mol. The third kappa shape index (κ3) is 4.57. The fraction of sp³-hybridized carbons (Fsp3) is 0.192. The molecule has 37 heavy (non-hydrogen) atoms. The summed E-state index contributed by atoms with van der Waals surface area (Å²) in [6.07, 6.45) is 5.50. The Balaban J connectivity index is 1.27. The van der Waals surface area contributed by atoms with Gasteiger partial charge in [-0.2, -0.15) is 4.98 Å². The quantitative estimate of drug-likeness (QED) is 0.382. The van der Waals surface area contributed by atoms with E-state index in [-0.39, 0.29) is 24.1 Å². The van der Waals surface area contributed by atoms with Crippen LogP contribution in [-0.2, 0) is 0 Å². The molecule has 6 rings (SSSR count). The number of halogens is 2. The smallest absolute Gasteiger partial charge is 0.268 e. The molecular weight excluding hydrogens is 513 g/mol. The Bertz CT molecular complexity index is 1440. The predicted octanol–water partition coefficient (Wildman–Crippen LogP) is 4.72. The number of fused-ring (bicyclic) bond motifs is 1. The average Bonchev–Trinajstić information content (AvgIpc) is 3.45. The van der Waals surface area contributed by atoms with E-state index >= 15 is 0 Å². The van der Waals surface area contributed by atoms with Crippen LogP contribution in [0.3, 0.4) is 0 Å². The van der Waals surface area contributed by atoms with Crippen molar-refractivity contribution in [1.82, 2.24) is 19.9 Å². The topological polar surface area (TPSA) is 87.6 Å². The number of hydrogen-bond acceptors (Lipinski definition) is 7. The molecule has 0 atom stereocenters. The Labute approximate surface area is 223 Å². The molecule has 188 valence electrons. The summed E-state index contributed by atoms with van der Waals surface area (Å²) in [5.74, 6) is 0.187. The molecule has 0 unspecified atom stereocenters. The van der Waals surface area contributed by atoms with Crippen LogP contribution in [0.4, 0.5) is 23.0 Å². The molecule has 0 saturated carbocycles. The number of carbonyl (C=O) groups excluding carboxylic acids is 1. The molecule has 11 heteroatoms. The van der Waals surface area contributed by atoms with Crippen molar-refractivity contribution < 1.29 is 9.53 Å². The van der Waals surface area contributed by atoms with Crippen molar-refractivity contribution in [2.24, 2.45) is 0 Å². The monoisotopic (exact) mass is 535 g/mol. The van der Waals surface area contributed by atoms with E-state index in [9.17, 15) is 4.79 Å². The maximum Gasteiger partial charge on any atom is 0.268 e. The highest BCUT2D eigenvalue weighted by Crippen LogP contribution is 2.37. The van der Waals surface area contributed by atoms with Crippen molar-refractivity contribution >= 4 is 52.1 Å². The summed E-state index contributed by atoms with van der Waals surface area (Å²) in [7, 11) is 0. The second kappa shape index (κ2) is 9.93. The van der Waals surface area contributed by atoms with Gasteiger partial charge in [0, 0.05) is 50.5 Å². The van der Waals surface area contributed by atoms with E-state index in [1.165, 1.54) is 11.1 Å². The number of nitrogens with zero attached hydrogens (tertiary/aromatic N) is 5. The van der Waals surface area contributed by atoms with Gasteiger partial charge in [0.2, 0.25) is 11.8 Å². The molecule has 4 heterocycles. The molecule has 0 bridgehead atoms. The number of carbonyl (C=O) groups is 1. The van der Waals surface area contributed by atoms with E-state index in [1.807, 2.05) is 30.6 Å². The Kier molecular flexibility index (Phi) is 6.33. The highest BCUT2D eigenvalue weighted by atomic mass is 35.5. The average molecular weight is 536 g/mol. The van der Waals surface area contributed by atoms with Crippen molar-refractivity contribution in [3.05, 3.63) is 82.7 Å². The molecule has 2 aliphatic heterocycles. The number of aromatic nitrogens is 3. The van der Waals surface area contributed by atoms with Crippen molar-refractivity contribution in [3.63, 3.8) is 0 Å². The maximum atomic E-state index is 13.2. The van der Waals surface area contributed by atoms with Gasteiger partial charge in [0.05, 0.1) is 27.1 Å². The van der Waals surface area contributed by atoms with Gasteiger partial charge < -0.3 is 24.8 Å². The first kappa shape index (κ1) is 23.6. The van der Waals surface area contributed by atoms with Crippen molar-refractivity contribution in [1.29, 1.82) is 0 Å². The van der Waals surface area contributed by atoms with Gasteiger partial charge in [-0.15, -0.1) is 0 Å². The molecule has 0 radical (unpaired) electrons. The zero-order chi connectivity index (χ0) is 25.4. The lowest BCUT2D eigenvalue weighted by Gasteiger charge is -2.31. The van der Waals surface area contributed by atoms with Gasteiger partial charge in [0.1, 0.15) is 5.56 Å². The Morgan fingerprint density at radius 1 is 0.973 bits per heavy atom. The van der Waals surface area contributed by atoms with Crippen LogP contribution < -0.4 is 25.2 Å². The van der Waals surface area contributed by atoms with Crippen LogP contribution >= 0.6 is 23.2 Å². The number of benzene rings is 2. The SMILES string of the molecule is O=C1c2cnc(Nc3ccc(N4CCNCC4)c(-n4cccc4)c3)nc2OCN1c1c(Cl)cccc1Cl. The van der Waals surface area contributed by atoms with Gasteiger partial charge in [-0.3, -0.25) is 9.69 Å². The summed E-state index contributed by atoms with van der Waals surface area (Å²) in [6.45, 7) is 3.72. The van der Waals surface area contributed by atoms with Crippen LogP contribution in [0.2, 0.25) is 10.0 Å². The summed E-state index contributed by atoms with van der Waals surface area (Å²) in [6, 6.07) is 15.2. The van der Waals surface area contributed by atoms with Crippen LogP contribution in [0.1, 0.15) is 10.4 Å². The van der Waals surface area contributed by atoms with Crippen LogP contribution in [0, 0.1) is 0 Å². The number of rotatable bonds is 5. The number of para-hydroxylation sites is 1. The zero-order valence-electron chi connectivity index (χ0n) is 19.7. The van der Waals surface area contributed by atoms with Gasteiger partial charge >= 0.3 is 0 Å². The van der Waals surface area contributed by atoms with Crippen LogP contribution in [0.25, 0.3) is 5.69 Å². The molecular formula is C26H23Cl2N7O2. The first-order chi connectivity index (χ1) is 18.1. The fourth-order valence-corrected chi connectivity index (χ4v) is 5.13. The highest BCUT2D eigenvalue weighted by Gasteiger charge is 2.31. The normalized spacial score (nSPS) is 15.4. The standard InChI is InChI=1S/C26H23Cl2N7O2/c27-19-4-3-5-20(28)23(19)35-16-37-24-18(25(35)36)15-30-26(32-24)31-17-6-7-21(34-12-8-29-9-13-34)22(14-17)33-10-1-2-11-33/h1-7,10-11,14-15,29H,8-9,12-13,16H2,(H,30,31,32). The van der Waals surface area contributed by atoms with Gasteiger partial charge in [0.15, 0.2) is 6.73 Å². The molecule has 2 N–H and O–H groups in total. The number of ether oxygens (including phenoxy) is 1. The van der Waals surface area contributed by atoms with Gasteiger partial charge in [-0.25, -0.2) is 4.98 Å². The summed E-state index contributed by atoms with van der Waals surface area (Å²) >= 11 is 12.6. The van der Waals surface area contributed by atoms with E-state index in [0.717, 1.165) is 43.2 Å². The van der Waals surface area contributed by atoms with E-state index in [2.05, 4.69) is 42.2 Å². The van der Waals surface area contributed by atoms with Gasteiger partial charge in [0.25, 0.3) is 5.91 Å². The zero-order valence-corrected chi connectivity index (χ0v) is 21.2. The molecule has 1 saturated heterocycles. The summed E-state index contributed by atoms with van der Waals surface area (Å²) in [5.41, 5.74) is 3.64. The van der Waals surface area contributed by atoms with Crippen molar-refractivity contribution in [2.75, 3.05) is 48.0 Å². The lowest BCUT2D eigenvalue weighted by Crippen LogP contribution is -2.43. The molecule has 2 aliphatic rings. The molecule has 2 aromatic heterocycles. The first-order valence-corrected chi connectivity index (χ1v) is 12.6.